The van der Waals surface area contributed by atoms with Gasteiger partial charge in [-0.25, -0.2) is 0 Å². The minimum absolute atomic E-state index is 0.0799. The van der Waals surface area contributed by atoms with E-state index in [2.05, 4.69) is 18.7 Å². The molecule has 2 atom stereocenters. The van der Waals surface area contributed by atoms with Gasteiger partial charge in [-0.05, 0) is 25.2 Å². The summed E-state index contributed by atoms with van der Waals surface area (Å²) in [5.41, 5.74) is -0.524. The van der Waals surface area contributed by atoms with E-state index in [4.69, 9.17) is 23.2 Å². The van der Waals surface area contributed by atoms with Gasteiger partial charge in [0.25, 0.3) is 5.91 Å². The maximum atomic E-state index is 12.3. The monoisotopic (exact) mass is 306 g/mol. The molecule has 4 nitrogen and oxygen atoms in total. The number of carbonyl (C=O) groups is 2. The molecule has 108 valence electrons. The van der Waals surface area contributed by atoms with Crippen LogP contribution in [0.1, 0.15) is 33.6 Å². The highest BCUT2D eigenvalue weighted by molar-refractivity contribution is 6.53. The van der Waals surface area contributed by atoms with Crippen LogP contribution in [0.3, 0.4) is 0 Å². The summed E-state index contributed by atoms with van der Waals surface area (Å²) < 4.78 is 0. The van der Waals surface area contributed by atoms with E-state index in [0.717, 1.165) is 25.7 Å². The highest BCUT2D eigenvalue weighted by Crippen LogP contribution is 2.44. The van der Waals surface area contributed by atoms with Crippen molar-refractivity contribution in [2.24, 2.45) is 5.41 Å². The largest absolute Gasteiger partial charge is 0.322 e. The smallest absolute Gasteiger partial charge is 0.257 e. The standard InChI is InChI=1S/C13H20Cl2N2O2/c1-12(2)7-16-9(6-18)4-5-13(16,3)17(8-12)11(19)10(14)15/h6,9-10H,4-5,7-8H2,1-3H3. The van der Waals surface area contributed by atoms with E-state index in [1.54, 1.807) is 4.90 Å². The van der Waals surface area contributed by atoms with Crippen LogP contribution in [0.4, 0.5) is 0 Å². The molecule has 0 bridgehead atoms. The van der Waals surface area contributed by atoms with E-state index in [9.17, 15) is 9.59 Å². The van der Waals surface area contributed by atoms with Gasteiger partial charge in [0, 0.05) is 13.1 Å². The third kappa shape index (κ3) is 2.50. The van der Waals surface area contributed by atoms with Crippen LogP contribution in [0.25, 0.3) is 0 Å². The number of fused-ring (bicyclic) bond motifs is 1. The van der Waals surface area contributed by atoms with Gasteiger partial charge in [0.1, 0.15) is 6.29 Å². The summed E-state index contributed by atoms with van der Waals surface area (Å²) in [7, 11) is 0. The van der Waals surface area contributed by atoms with Gasteiger partial charge < -0.3 is 9.69 Å². The Balaban J connectivity index is 2.37. The first-order chi connectivity index (χ1) is 8.71. The number of alkyl halides is 2. The van der Waals surface area contributed by atoms with Crippen LogP contribution in [0.15, 0.2) is 0 Å². The van der Waals surface area contributed by atoms with Crippen molar-refractivity contribution in [3.05, 3.63) is 0 Å². The van der Waals surface area contributed by atoms with E-state index in [1.165, 1.54) is 0 Å². The molecule has 0 saturated carbocycles. The molecule has 2 saturated heterocycles. The molecular formula is C13H20Cl2N2O2. The number of hydrogen-bond donors (Lipinski definition) is 0. The molecule has 0 aromatic carbocycles. The van der Waals surface area contributed by atoms with Crippen LogP contribution in [-0.4, -0.2) is 51.6 Å². The maximum Gasteiger partial charge on any atom is 0.257 e. The highest BCUT2D eigenvalue weighted by atomic mass is 35.5. The molecule has 6 heteroatoms. The molecule has 19 heavy (non-hydrogen) atoms. The molecule has 2 fully saturated rings. The van der Waals surface area contributed by atoms with Crippen molar-refractivity contribution in [3.63, 3.8) is 0 Å². The number of aldehydes is 1. The Morgan fingerprint density at radius 1 is 1.32 bits per heavy atom. The minimum atomic E-state index is -1.05. The lowest BCUT2D eigenvalue weighted by molar-refractivity contribution is -0.160. The zero-order chi connectivity index (χ0) is 14.4. The molecule has 2 heterocycles. The van der Waals surface area contributed by atoms with Gasteiger partial charge in [-0.15, -0.1) is 0 Å². The lowest BCUT2D eigenvalue weighted by Crippen LogP contribution is -2.68. The lowest BCUT2D eigenvalue weighted by atomic mass is 9.86. The number of hydrogen-bond acceptors (Lipinski definition) is 3. The van der Waals surface area contributed by atoms with Crippen LogP contribution in [-0.2, 0) is 9.59 Å². The molecule has 0 radical (unpaired) electrons. The van der Waals surface area contributed by atoms with Gasteiger partial charge in [-0.2, -0.15) is 0 Å². The molecule has 0 aliphatic carbocycles. The van der Waals surface area contributed by atoms with E-state index in [1.807, 2.05) is 6.92 Å². The molecule has 0 spiro atoms. The Morgan fingerprint density at radius 3 is 2.47 bits per heavy atom. The molecule has 2 rings (SSSR count). The summed E-state index contributed by atoms with van der Waals surface area (Å²) in [5.74, 6) is -0.268. The van der Waals surface area contributed by atoms with Crippen molar-refractivity contribution in [1.29, 1.82) is 0 Å². The Morgan fingerprint density at radius 2 is 1.95 bits per heavy atom. The van der Waals surface area contributed by atoms with E-state index in [0.29, 0.717) is 6.54 Å². The third-order valence-corrected chi connectivity index (χ3v) is 4.68. The third-order valence-electron chi connectivity index (χ3n) is 4.31. The van der Waals surface area contributed by atoms with Gasteiger partial charge in [0.2, 0.25) is 0 Å². The summed E-state index contributed by atoms with van der Waals surface area (Å²) in [6, 6.07) is -0.121. The predicted molar refractivity (Wildman–Crippen MR) is 75.2 cm³/mol. The quantitative estimate of drug-likeness (QED) is 0.579. The fourth-order valence-electron chi connectivity index (χ4n) is 3.34. The summed E-state index contributed by atoms with van der Waals surface area (Å²) in [6.45, 7) is 7.58. The molecule has 2 unspecified atom stereocenters. The van der Waals surface area contributed by atoms with E-state index in [-0.39, 0.29) is 17.4 Å². The Kier molecular flexibility index (Phi) is 3.89. The molecule has 2 aliphatic rings. The van der Waals surface area contributed by atoms with Crippen LogP contribution in [0.5, 0.6) is 0 Å². The molecule has 1 amide bonds. The first-order valence-corrected chi connectivity index (χ1v) is 7.40. The number of nitrogens with zero attached hydrogens (tertiary/aromatic N) is 2. The van der Waals surface area contributed by atoms with Crippen LogP contribution < -0.4 is 0 Å². The van der Waals surface area contributed by atoms with Gasteiger partial charge in [0.15, 0.2) is 4.84 Å². The Labute approximate surface area is 124 Å². The second kappa shape index (κ2) is 4.90. The zero-order valence-corrected chi connectivity index (χ0v) is 13.0. The fraction of sp³-hybridized carbons (Fsp3) is 0.846. The van der Waals surface area contributed by atoms with Gasteiger partial charge >= 0.3 is 0 Å². The SMILES string of the molecule is CC1(C)CN(C(=O)C(Cl)Cl)C2(C)CCC(C=O)N2C1. The number of carbonyl (C=O) groups excluding carboxylic acids is 2. The highest BCUT2D eigenvalue weighted by Gasteiger charge is 2.54. The zero-order valence-electron chi connectivity index (χ0n) is 11.5. The Bertz CT molecular complexity index is 400. The number of amides is 1. The fourth-order valence-corrected chi connectivity index (χ4v) is 3.58. The van der Waals surface area contributed by atoms with Crippen LogP contribution in [0.2, 0.25) is 0 Å². The number of halogens is 2. The van der Waals surface area contributed by atoms with Crippen LogP contribution in [0, 0.1) is 5.41 Å². The van der Waals surface area contributed by atoms with E-state index < -0.39 is 10.5 Å². The first kappa shape index (κ1) is 15.1. The van der Waals surface area contributed by atoms with Crippen LogP contribution >= 0.6 is 23.2 Å². The van der Waals surface area contributed by atoms with Gasteiger partial charge in [0.05, 0.1) is 11.7 Å². The van der Waals surface area contributed by atoms with Crippen molar-refractivity contribution in [2.75, 3.05) is 13.1 Å². The molecular weight excluding hydrogens is 287 g/mol. The summed E-state index contributed by atoms with van der Waals surface area (Å²) in [4.78, 5) is 26.3. The average Bonchev–Trinajstić information content (AvgIpc) is 2.63. The molecule has 0 aromatic rings. The van der Waals surface area contributed by atoms with Crippen molar-refractivity contribution in [2.45, 2.75) is 50.2 Å². The normalized spacial score (nSPS) is 34.4. The lowest BCUT2D eigenvalue weighted by Gasteiger charge is -2.55. The van der Waals surface area contributed by atoms with Crippen molar-refractivity contribution >= 4 is 35.4 Å². The topological polar surface area (TPSA) is 40.6 Å². The molecule has 0 aromatic heterocycles. The van der Waals surface area contributed by atoms with Crippen molar-refractivity contribution in [1.82, 2.24) is 9.80 Å². The van der Waals surface area contributed by atoms with Crippen molar-refractivity contribution in [3.8, 4) is 0 Å². The molecule has 2 aliphatic heterocycles. The average molecular weight is 307 g/mol. The van der Waals surface area contributed by atoms with E-state index >= 15 is 0 Å². The summed E-state index contributed by atoms with van der Waals surface area (Å²) in [6.07, 6.45) is 2.53. The van der Waals surface area contributed by atoms with Gasteiger partial charge in [-0.3, -0.25) is 9.69 Å². The summed E-state index contributed by atoms with van der Waals surface area (Å²) >= 11 is 11.5. The van der Waals surface area contributed by atoms with Crippen molar-refractivity contribution < 1.29 is 9.59 Å². The van der Waals surface area contributed by atoms with Gasteiger partial charge in [-0.1, -0.05) is 37.0 Å². The summed E-state index contributed by atoms with van der Waals surface area (Å²) in [5, 5.41) is 0. The number of rotatable bonds is 2. The second-order valence-corrected chi connectivity index (χ2v) is 7.57. The predicted octanol–water partition coefficient (Wildman–Crippen LogP) is 2.04. The minimum Gasteiger partial charge on any atom is -0.322 e. The first-order valence-electron chi connectivity index (χ1n) is 6.53. The molecule has 0 N–H and O–H groups in total. The Hall–Kier alpha value is -0.320. The second-order valence-electron chi connectivity index (χ2n) is 6.48. The maximum absolute atomic E-state index is 12.3.